The van der Waals surface area contributed by atoms with Crippen molar-refractivity contribution in [2.24, 2.45) is 0 Å². The SMILES string of the molecule is CC(=O)N1CCN(c2cnnc(Nc3ccc(C)c(Cl)c3)n2)CC1. The number of hydrogen-bond donors (Lipinski definition) is 1. The number of aryl methyl sites for hydroxylation is 1. The van der Waals surface area contributed by atoms with Gasteiger partial charge in [-0.1, -0.05) is 17.7 Å². The number of hydrogen-bond acceptors (Lipinski definition) is 6. The molecule has 1 fully saturated rings. The maximum atomic E-state index is 11.4. The number of anilines is 3. The summed E-state index contributed by atoms with van der Waals surface area (Å²) in [5.41, 5.74) is 1.82. The smallest absolute Gasteiger partial charge is 0.249 e. The van der Waals surface area contributed by atoms with Gasteiger partial charge in [0.25, 0.3) is 0 Å². The van der Waals surface area contributed by atoms with Gasteiger partial charge in [0.15, 0.2) is 5.82 Å². The average Bonchev–Trinajstić information content (AvgIpc) is 2.58. The van der Waals surface area contributed by atoms with Crippen molar-refractivity contribution >= 4 is 35.0 Å². The summed E-state index contributed by atoms with van der Waals surface area (Å²) < 4.78 is 0. The number of amides is 1. The molecule has 2 aromatic rings. The van der Waals surface area contributed by atoms with Gasteiger partial charge in [0.1, 0.15) is 0 Å². The topological polar surface area (TPSA) is 74.2 Å². The highest BCUT2D eigenvalue weighted by atomic mass is 35.5. The molecule has 0 saturated carbocycles. The molecule has 1 amide bonds. The Balaban J connectivity index is 1.70. The Bertz CT molecular complexity index is 745. The second-order valence-corrected chi connectivity index (χ2v) is 6.13. The number of piperazine rings is 1. The molecule has 0 unspecified atom stereocenters. The highest BCUT2D eigenvalue weighted by Crippen LogP contribution is 2.22. The fraction of sp³-hybridized carbons (Fsp3) is 0.375. The van der Waals surface area contributed by atoms with Gasteiger partial charge in [-0.2, -0.15) is 10.1 Å². The molecule has 1 aliphatic rings. The Morgan fingerprint density at radius 2 is 2.00 bits per heavy atom. The van der Waals surface area contributed by atoms with Crippen molar-refractivity contribution in [3.63, 3.8) is 0 Å². The molecule has 1 N–H and O–H groups in total. The van der Waals surface area contributed by atoms with Crippen LogP contribution in [-0.2, 0) is 4.79 Å². The molecule has 1 aliphatic heterocycles. The zero-order valence-corrected chi connectivity index (χ0v) is 14.4. The van der Waals surface area contributed by atoms with E-state index in [-0.39, 0.29) is 5.91 Å². The zero-order valence-electron chi connectivity index (χ0n) is 13.7. The minimum atomic E-state index is 0.106. The van der Waals surface area contributed by atoms with Crippen LogP contribution < -0.4 is 10.2 Å². The first-order valence-corrected chi connectivity index (χ1v) is 8.14. The van der Waals surface area contributed by atoms with E-state index in [1.807, 2.05) is 30.0 Å². The van der Waals surface area contributed by atoms with Gasteiger partial charge in [0.2, 0.25) is 11.9 Å². The van der Waals surface area contributed by atoms with Gasteiger partial charge in [0.05, 0.1) is 6.20 Å². The molecule has 126 valence electrons. The summed E-state index contributed by atoms with van der Waals surface area (Å²) in [5, 5.41) is 11.8. The molecular weight excluding hydrogens is 328 g/mol. The molecule has 0 bridgehead atoms. The van der Waals surface area contributed by atoms with Crippen LogP contribution >= 0.6 is 11.6 Å². The van der Waals surface area contributed by atoms with Gasteiger partial charge in [0, 0.05) is 43.8 Å². The Hall–Kier alpha value is -2.41. The highest BCUT2D eigenvalue weighted by molar-refractivity contribution is 6.31. The molecule has 0 spiro atoms. The minimum Gasteiger partial charge on any atom is -0.352 e. The van der Waals surface area contributed by atoms with Crippen LogP contribution in [0.5, 0.6) is 0 Å². The first-order chi connectivity index (χ1) is 11.5. The normalized spacial score (nSPS) is 14.6. The second kappa shape index (κ2) is 7.00. The number of rotatable bonds is 3. The number of carbonyl (C=O) groups excluding carboxylic acids is 1. The molecule has 2 heterocycles. The molecular formula is C16H19ClN6O. The number of halogens is 1. The summed E-state index contributed by atoms with van der Waals surface area (Å²) in [5.74, 6) is 1.27. The van der Waals surface area contributed by atoms with E-state index in [9.17, 15) is 4.79 Å². The van der Waals surface area contributed by atoms with Gasteiger partial charge < -0.3 is 15.1 Å². The molecule has 7 nitrogen and oxygen atoms in total. The van der Waals surface area contributed by atoms with Crippen molar-refractivity contribution in [2.45, 2.75) is 13.8 Å². The molecule has 0 aliphatic carbocycles. The van der Waals surface area contributed by atoms with Crippen molar-refractivity contribution in [2.75, 3.05) is 36.4 Å². The fourth-order valence-electron chi connectivity index (χ4n) is 2.55. The lowest BCUT2D eigenvalue weighted by molar-refractivity contribution is -0.129. The van der Waals surface area contributed by atoms with Crippen molar-refractivity contribution in [3.8, 4) is 0 Å². The Morgan fingerprint density at radius 1 is 1.25 bits per heavy atom. The van der Waals surface area contributed by atoms with Crippen LogP contribution in [0, 0.1) is 6.92 Å². The summed E-state index contributed by atoms with van der Waals surface area (Å²) in [7, 11) is 0. The molecule has 0 atom stereocenters. The number of nitrogens with zero attached hydrogens (tertiary/aromatic N) is 5. The van der Waals surface area contributed by atoms with Crippen molar-refractivity contribution in [1.29, 1.82) is 0 Å². The van der Waals surface area contributed by atoms with Gasteiger partial charge in [-0.15, -0.1) is 5.10 Å². The maximum absolute atomic E-state index is 11.4. The van der Waals surface area contributed by atoms with Crippen LogP contribution in [0.25, 0.3) is 0 Å². The quantitative estimate of drug-likeness (QED) is 0.918. The van der Waals surface area contributed by atoms with Crippen LogP contribution in [0.1, 0.15) is 12.5 Å². The molecule has 8 heteroatoms. The van der Waals surface area contributed by atoms with Crippen molar-refractivity contribution in [1.82, 2.24) is 20.1 Å². The number of nitrogens with one attached hydrogen (secondary N) is 1. The highest BCUT2D eigenvalue weighted by Gasteiger charge is 2.20. The molecule has 1 aromatic heterocycles. The predicted molar refractivity (Wildman–Crippen MR) is 93.8 cm³/mol. The van der Waals surface area contributed by atoms with Gasteiger partial charge >= 0.3 is 0 Å². The first kappa shape index (κ1) is 16.4. The van der Waals surface area contributed by atoms with Crippen molar-refractivity contribution in [3.05, 3.63) is 35.0 Å². The van der Waals surface area contributed by atoms with E-state index in [0.29, 0.717) is 24.1 Å². The van der Waals surface area contributed by atoms with E-state index in [2.05, 4.69) is 25.4 Å². The number of carbonyl (C=O) groups is 1. The largest absolute Gasteiger partial charge is 0.352 e. The number of aromatic nitrogens is 3. The van der Waals surface area contributed by atoms with E-state index >= 15 is 0 Å². The molecule has 0 radical (unpaired) electrons. The fourth-order valence-corrected chi connectivity index (χ4v) is 2.73. The van der Waals surface area contributed by atoms with Crippen LogP contribution in [0.15, 0.2) is 24.4 Å². The van der Waals surface area contributed by atoms with Crippen LogP contribution in [0.2, 0.25) is 5.02 Å². The first-order valence-electron chi connectivity index (χ1n) is 7.76. The summed E-state index contributed by atoms with van der Waals surface area (Å²) in [4.78, 5) is 19.8. The summed E-state index contributed by atoms with van der Waals surface area (Å²) in [6, 6.07) is 5.68. The lowest BCUT2D eigenvalue weighted by Crippen LogP contribution is -2.48. The lowest BCUT2D eigenvalue weighted by Gasteiger charge is -2.34. The average molecular weight is 347 g/mol. The third-order valence-corrected chi connectivity index (χ3v) is 4.43. The Labute approximate surface area is 145 Å². The Kier molecular flexibility index (Phi) is 4.80. The van der Waals surface area contributed by atoms with Crippen LogP contribution in [0.4, 0.5) is 17.5 Å². The lowest BCUT2D eigenvalue weighted by atomic mass is 10.2. The number of benzene rings is 1. The molecule has 3 rings (SSSR count). The van der Waals surface area contributed by atoms with Crippen molar-refractivity contribution < 1.29 is 4.79 Å². The van der Waals surface area contributed by atoms with E-state index in [1.165, 1.54) is 0 Å². The van der Waals surface area contributed by atoms with Gasteiger partial charge in [-0.3, -0.25) is 4.79 Å². The standard InChI is InChI=1S/C16H19ClN6O/c1-11-3-4-13(9-14(11)17)19-16-20-15(10-18-21-16)23-7-5-22(6-8-23)12(2)24/h3-4,9-10H,5-8H2,1-2H3,(H,19,20,21). The summed E-state index contributed by atoms with van der Waals surface area (Å²) in [6.45, 7) is 6.38. The van der Waals surface area contributed by atoms with E-state index in [0.717, 1.165) is 30.2 Å². The molecule has 1 aromatic carbocycles. The molecule has 24 heavy (non-hydrogen) atoms. The van der Waals surface area contributed by atoms with Crippen LogP contribution in [-0.4, -0.2) is 52.2 Å². The van der Waals surface area contributed by atoms with E-state index < -0.39 is 0 Å². The zero-order chi connectivity index (χ0) is 17.1. The third kappa shape index (κ3) is 3.73. The van der Waals surface area contributed by atoms with E-state index in [1.54, 1.807) is 13.1 Å². The van der Waals surface area contributed by atoms with E-state index in [4.69, 9.17) is 11.6 Å². The van der Waals surface area contributed by atoms with Gasteiger partial charge in [-0.25, -0.2) is 0 Å². The predicted octanol–water partition coefficient (Wildman–Crippen LogP) is 2.25. The minimum absolute atomic E-state index is 0.106. The third-order valence-electron chi connectivity index (χ3n) is 4.02. The monoisotopic (exact) mass is 346 g/mol. The summed E-state index contributed by atoms with van der Waals surface area (Å²) in [6.07, 6.45) is 1.64. The van der Waals surface area contributed by atoms with Gasteiger partial charge in [-0.05, 0) is 24.6 Å². The maximum Gasteiger partial charge on any atom is 0.249 e. The summed E-state index contributed by atoms with van der Waals surface area (Å²) >= 11 is 6.14. The van der Waals surface area contributed by atoms with Crippen LogP contribution in [0.3, 0.4) is 0 Å². The molecule has 1 saturated heterocycles. The Morgan fingerprint density at radius 3 is 2.67 bits per heavy atom. The second-order valence-electron chi connectivity index (χ2n) is 5.72.